The lowest BCUT2D eigenvalue weighted by atomic mass is 10.1. The molecule has 0 aliphatic carbocycles. The molecule has 2 aromatic rings. The van der Waals surface area contributed by atoms with E-state index < -0.39 is 0 Å². The minimum absolute atomic E-state index is 0.129. The van der Waals surface area contributed by atoms with Crippen LogP contribution in [0, 0.1) is 0 Å². The number of nitrogens with one attached hydrogen (secondary N) is 2. The largest absolute Gasteiger partial charge is 0.497 e. The van der Waals surface area contributed by atoms with Crippen LogP contribution in [0.2, 0.25) is 0 Å². The van der Waals surface area contributed by atoms with E-state index in [1.54, 1.807) is 7.11 Å². The van der Waals surface area contributed by atoms with Gasteiger partial charge in [0.2, 0.25) is 6.79 Å². The summed E-state index contributed by atoms with van der Waals surface area (Å²) >= 11 is 0. The van der Waals surface area contributed by atoms with Crippen LogP contribution in [0.15, 0.2) is 42.5 Å². The maximum atomic E-state index is 12.1. The fraction of sp³-hybridized carbons (Fsp3) is 0.316. The SMILES string of the molecule is COc1ccc(CCNC(=O)NC(C)c2ccc3c(c2)OCO3)cc1. The van der Waals surface area contributed by atoms with Gasteiger partial charge in [-0.2, -0.15) is 0 Å². The van der Waals surface area contributed by atoms with Gasteiger partial charge in [0.25, 0.3) is 0 Å². The molecule has 0 saturated heterocycles. The predicted molar refractivity (Wildman–Crippen MR) is 94.2 cm³/mol. The van der Waals surface area contributed by atoms with Crippen molar-refractivity contribution in [3.63, 3.8) is 0 Å². The number of urea groups is 1. The molecule has 0 bridgehead atoms. The molecule has 3 rings (SSSR count). The number of benzene rings is 2. The van der Waals surface area contributed by atoms with Gasteiger partial charge in [-0.3, -0.25) is 0 Å². The molecule has 0 spiro atoms. The molecule has 2 N–H and O–H groups in total. The zero-order valence-electron chi connectivity index (χ0n) is 14.4. The van der Waals surface area contributed by atoms with Crippen LogP contribution in [0.3, 0.4) is 0 Å². The average molecular weight is 342 g/mol. The van der Waals surface area contributed by atoms with Crippen LogP contribution >= 0.6 is 0 Å². The maximum Gasteiger partial charge on any atom is 0.315 e. The Bertz CT molecular complexity index is 731. The van der Waals surface area contributed by atoms with Crippen molar-refractivity contribution in [3.05, 3.63) is 53.6 Å². The summed E-state index contributed by atoms with van der Waals surface area (Å²) in [5.74, 6) is 2.28. The highest BCUT2D eigenvalue weighted by Crippen LogP contribution is 2.34. The molecular formula is C19H22N2O4. The van der Waals surface area contributed by atoms with E-state index in [1.807, 2.05) is 49.4 Å². The maximum absolute atomic E-state index is 12.1. The standard InChI is InChI=1S/C19H22N2O4/c1-13(15-5-8-17-18(11-15)25-12-24-17)21-19(22)20-10-9-14-3-6-16(23-2)7-4-14/h3-8,11,13H,9-10,12H2,1-2H3,(H2,20,21,22). The van der Waals surface area contributed by atoms with Gasteiger partial charge in [0.1, 0.15) is 5.75 Å². The Morgan fingerprint density at radius 3 is 2.68 bits per heavy atom. The Morgan fingerprint density at radius 2 is 1.92 bits per heavy atom. The van der Waals surface area contributed by atoms with Crippen molar-refractivity contribution in [2.75, 3.05) is 20.4 Å². The first-order valence-electron chi connectivity index (χ1n) is 8.22. The number of hydrogen-bond acceptors (Lipinski definition) is 4. The molecule has 6 nitrogen and oxygen atoms in total. The molecule has 2 aromatic carbocycles. The Kier molecular flexibility index (Phi) is 5.28. The molecule has 132 valence electrons. The Balaban J connectivity index is 1.45. The summed E-state index contributed by atoms with van der Waals surface area (Å²) in [7, 11) is 1.64. The van der Waals surface area contributed by atoms with E-state index >= 15 is 0 Å². The van der Waals surface area contributed by atoms with Gasteiger partial charge >= 0.3 is 6.03 Å². The van der Waals surface area contributed by atoms with E-state index in [1.165, 1.54) is 0 Å². The quantitative estimate of drug-likeness (QED) is 0.847. The molecule has 2 amide bonds. The van der Waals surface area contributed by atoms with E-state index in [0.29, 0.717) is 12.3 Å². The summed E-state index contributed by atoms with van der Waals surface area (Å²) in [5.41, 5.74) is 2.11. The van der Waals surface area contributed by atoms with Crippen LogP contribution in [-0.2, 0) is 6.42 Å². The molecule has 25 heavy (non-hydrogen) atoms. The van der Waals surface area contributed by atoms with E-state index in [-0.39, 0.29) is 18.9 Å². The zero-order valence-corrected chi connectivity index (χ0v) is 14.4. The fourth-order valence-electron chi connectivity index (χ4n) is 2.63. The molecule has 6 heteroatoms. The molecule has 0 fully saturated rings. The van der Waals surface area contributed by atoms with Crippen LogP contribution in [0.5, 0.6) is 17.2 Å². The van der Waals surface area contributed by atoms with Crippen molar-refractivity contribution < 1.29 is 19.0 Å². The number of amides is 2. The van der Waals surface area contributed by atoms with Crippen LogP contribution < -0.4 is 24.8 Å². The normalized spacial score (nSPS) is 13.2. The lowest BCUT2D eigenvalue weighted by molar-refractivity contribution is 0.174. The van der Waals surface area contributed by atoms with Crippen molar-refractivity contribution in [1.29, 1.82) is 0 Å². The van der Waals surface area contributed by atoms with Gasteiger partial charge in [0.15, 0.2) is 11.5 Å². The molecule has 1 atom stereocenters. The zero-order chi connectivity index (χ0) is 17.6. The summed E-state index contributed by atoms with van der Waals surface area (Å²) in [6.07, 6.45) is 0.760. The van der Waals surface area contributed by atoms with Gasteiger partial charge in [0, 0.05) is 6.54 Å². The number of hydrogen-bond donors (Lipinski definition) is 2. The van der Waals surface area contributed by atoms with Gasteiger partial charge < -0.3 is 24.8 Å². The van der Waals surface area contributed by atoms with Gasteiger partial charge in [-0.15, -0.1) is 0 Å². The Labute approximate surface area is 147 Å². The first-order valence-corrected chi connectivity index (χ1v) is 8.22. The summed E-state index contributed by atoms with van der Waals surface area (Å²) < 4.78 is 15.8. The van der Waals surface area contributed by atoms with Crippen LogP contribution in [0.1, 0.15) is 24.1 Å². The average Bonchev–Trinajstić information content (AvgIpc) is 3.10. The second kappa shape index (κ2) is 7.79. The molecular weight excluding hydrogens is 320 g/mol. The van der Waals surface area contributed by atoms with Crippen molar-refractivity contribution in [2.45, 2.75) is 19.4 Å². The summed E-state index contributed by atoms with van der Waals surface area (Å²) in [6, 6.07) is 13.2. The van der Waals surface area contributed by atoms with Gasteiger partial charge in [0.05, 0.1) is 13.2 Å². The van der Waals surface area contributed by atoms with Gasteiger partial charge in [-0.05, 0) is 48.7 Å². The van der Waals surface area contributed by atoms with Crippen LogP contribution in [0.25, 0.3) is 0 Å². The molecule has 1 heterocycles. The van der Waals surface area contributed by atoms with Crippen molar-refractivity contribution >= 4 is 6.03 Å². The predicted octanol–water partition coefficient (Wildman–Crippen LogP) is 3.03. The lowest BCUT2D eigenvalue weighted by Gasteiger charge is -2.15. The van der Waals surface area contributed by atoms with Crippen molar-refractivity contribution in [1.82, 2.24) is 10.6 Å². The second-order valence-corrected chi connectivity index (χ2v) is 5.83. The number of ether oxygens (including phenoxy) is 3. The highest BCUT2D eigenvalue weighted by atomic mass is 16.7. The minimum Gasteiger partial charge on any atom is -0.497 e. The summed E-state index contributed by atoms with van der Waals surface area (Å²) in [4.78, 5) is 12.1. The minimum atomic E-state index is -0.196. The molecule has 0 saturated carbocycles. The number of methoxy groups -OCH3 is 1. The highest BCUT2D eigenvalue weighted by molar-refractivity contribution is 5.74. The van der Waals surface area contributed by atoms with Crippen molar-refractivity contribution in [2.24, 2.45) is 0 Å². The molecule has 0 radical (unpaired) electrons. The molecule has 1 aliphatic rings. The van der Waals surface area contributed by atoms with E-state index in [9.17, 15) is 4.79 Å². The van der Waals surface area contributed by atoms with Gasteiger partial charge in [-0.1, -0.05) is 18.2 Å². The van der Waals surface area contributed by atoms with E-state index in [4.69, 9.17) is 14.2 Å². The number of carbonyl (C=O) groups is 1. The number of carbonyl (C=O) groups excluding carboxylic acids is 1. The van der Waals surface area contributed by atoms with Crippen LogP contribution in [0.4, 0.5) is 4.79 Å². The first kappa shape index (κ1) is 17.0. The monoisotopic (exact) mass is 342 g/mol. The molecule has 1 unspecified atom stereocenters. The van der Waals surface area contributed by atoms with Gasteiger partial charge in [-0.25, -0.2) is 4.79 Å². The first-order chi connectivity index (χ1) is 12.2. The Morgan fingerprint density at radius 1 is 1.16 bits per heavy atom. The third kappa shape index (κ3) is 4.35. The summed E-state index contributed by atoms with van der Waals surface area (Å²) in [5, 5.41) is 5.80. The fourth-order valence-corrected chi connectivity index (χ4v) is 2.63. The van der Waals surface area contributed by atoms with E-state index in [2.05, 4.69) is 10.6 Å². The summed E-state index contributed by atoms with van der Waals surface area (Å²) in [6.45, 7) is 2.74. The topological polar surface area (TPSA) is 68.8 Å². The highest BCUT2D eigenvalue weighted by Gasteiger charge is 2.16. The third-order valence-corrected chi connectivity index (χ3v) is 4.10. The third-order valence-electron chi connectivity index (χ3n) is 4.10. The molecule has 1 aliphatic heterocycles. The lowest BCUT2D eigenvalue weighted by Crippen LogP contribution is -2.38. The Hall–Kier alpha value is -2.89. The van der Waals surface area contributed by atoms with E-state index in [0.717, 1.165) is 29.0 Å². The van der Waals surface area contributed by atoms with Crippen molar-refractivity contribution in [3.8, 4) is 17.2 Å². The second-order valence-electron chi connectivity index (χ2n) is 5.83. The smallest absolute Gasteiger partial charge is 0.315 e. The number of fused-ring (bicyclic) bond motifs is 1. The van der Waals surface area contributed by atoms with Crippen LogP contribution in [-0.4, -0.2) is 26.5 Å². The number of rotatable bonds is 6. The molecule has 0 aromatic heterocycles.